The topological polar surface area (TPSA) is 49.5 Å². The molecular formula is C14H22N2O. The molecule has 0 heterocycles. The molecular weight excluding hydrogens is 212 g/mol. The second-order valence-corrected chi connectivity index (χ2v) is 5.22. The number of anilines is 1. The zero-order valence-electron chi connectivity index (χ0n) is 10.6. The van der Waals surface area contributed by atoms with E-state index >= 15 is 0 Å². The standard InChI is InChI=1S/C14H22N2O/c1-10(15)13-5-3-4-6-14(13)16(2)9-11-7-12(17)8-11/h3-6,10-12,17H,7-9,15H2,1-2H3/t10-,11?,12?/m0/s1. The van der Waals surface area contributed by atoms with Gasteiger partial charge in [0, 0.05) is 25.3 Å². The van der Waals surface area contributed by atoms with Crippen molar-refractivity contribution >= 4 is 5.69 Å². The fraction of sp³-hybridized carbons (Fsp3) is 0.571. The molecule has 2 rings (SSSR count). The van der Waals surface area contributed by atoms with Crippen molar-refractivity contribution in [2.45, 2.75) is 31.9 Å². The van der Waals surface area contributed by atoms with Crippen LogP contribution in [-0.4, -0.2) is 24.8 Å². The summed E-state index contributed by atoms with van der Waals surface area (Å²) in [5.74, 6) is 0.621. The van der Waals surface area contributed by atoms with Crippen LogP contribution in [0.15, 0.2) is 24.3 Å². The van der Waals surface area contributed by atoms with Gasteiger partial charge in [0.2, 0.25) is 0 Å². The van der Waals surface area contributed by atoms with E-state index in [4.69, 9.17) is 5.73 Å². The molecule has 1 aromatic rings. The molecule has 1 saturated carbocycles. The van der Waals surface area contributed by atoms with E-state index in [9.17, 15) is 5.11 Å². The Hall–Kier alpha value is -1.06. The third kappa shape index (κ3) is 2.79. The molecule has 1 aliphatic rings. The lowest BCUT2D eigenvalue weighted by atomic mass is 9.82. The van der Waals surface area contributed by atoms with Gasteiger partial charge in [-0.3, -0.25) is 0 Å². The number of rotatable bonds is 4. The van der Waals surface area contributed by atoms with Crippen LogP contribution in [0.3, 0.4) is 0 Å². The minimum absolute atomic E-state index is 0.0561. The first-order valence-electron chi connectivity index (χ1n) is 6.31. The van der Waals surface area contributed by atoms with Gasteiger partial charge in [-0.05, 0) is 37.3 Å². The van der Waals surface area contributed by atoms with Gasteiger partial charge in [0.25, 0.3) is 0 Å². The molecule has 0 saturated heterocycles. The Morgan fingerprint density at radius 1 is 1.41 bits per heavy atom. The van der Waals surface area contributed by atoms with E-state index in [1.54, 1.807) is 0 Å². The monoisotopic (exact) mass is 234 g/mol. The smallest absolute Gasteiger partial charge is 0.0546 e. The SMILES string of the molecule is C[C@H](N)c1ccccc1N(C)CC1CC(O)C1. The summed E-state index contributed by atoms with van der Waals surface area (Å²) in [6.07, 6.45) is 1.80. The summed E-state index contributed by atoms with van der Waals surface area (Å²) in [4.78, 5) is 2.26. The average Bonchev–Trinajstić information content (AvgIpc) is 2.27. The van der Waals surface area contributed by atoms with Crippen molar-refractivity contribution < 1.29 is 5.11 Å². The second-order valence-electron chi connectivity index (χ2n) is 5.22. The summed E-state index contributed by atoms with van der Waals surface area (Å²) in [6.45, 7) is 3.01. The Morgan fingerprint density at radius 2 is 2.06 bits per heavy atom. The minimum Gasteiger partial charge on any atom is -0.393 e. The zero-order chi connectivity index (χ0) is 12.4. The molecule has 94 valence electrons. The van der Waals surface area contributed by atoms with E-state index in [1.807, 2.05) is 19.1 Å². The summed E-state index contributed by atoms with van der Waals surface area (Å²) in [7, 11) is 2.10. The van der Waals surface area contributed by atoms with Crippen LogP contribution >= 0.6 is 0 Å². The van der Waals surface area contributed by atoms with Crippen LogP contribution in [0.5, 0.6) is 0 Å². The van der Waals surface area contributed by atoms with Crippen molar-refractivity contribution in [3.05, 3.63) is 29.8 Å². The maximum atomic E-state index is 9.31. The van der Waals surface area contributed by atoms with E-state index in [1.165, 1.54) is 11.3 Å². The highest BCUT2D eigenvalue weighted by atomic mass is 16.3. The van der Waals surface area contributed by atoms with E-state index in [0.29, 0.717) is 5.92 Å². The number of hydrogen-bond acceptors (Lipinski definition) is 3. The lowest BCUT2D eigenvalue weighted by Crippen LogP contribution is -2.37. The number of benzene rings is 1. The predicted octanol–water partition coefficient (Wildman–Crippen LogP) is 1.91. The number of nitrogens with two attached hydrogens (primary N) is 1. The highest BCUT2D eigenvalue weighted by Gasteiger charge is 2.28. The molecule has 0 aliphatic heterocycles. The van der Waals surface area contributed by atoms with E-state index in [2.05, 4.69) is 24.1 Å². The second kappa shape index (κ2) is 5.07. The van der Waals surface area contributed by atoms with Crippen molar-refractivity contribution in [1.29, 1.82) is 0 Å². The Balaban J connectivity index is 2.05. The highest BCUT2D eigenvalue weighted by Crippen LogP contribution is 2.31. The molecule has 1 aromatic carbocycles. The Bertz CT molecular complexity index is 372. The van der Waals surface area contributed by atoms with E-state index in [0.717, 1.165) is 19.4 Å². The molecule has 3 N–H and O–H groups in total. The van der Waals surface area contributed by atoms with Gasteiger partial charge in [-0.1, -0.05) is 18.2 Å². The van der Waals surface area contributed by atoms with Crippen molar-refractivity contribution in [1.82, 2.24) is 0 Å². The van der Waals surface area contributed by atoms with Crippen molar-refractivity contribution in [3.63, 3.8) is 0 Å². The number of hydrogen-bond donors (Lipinski definition) is 2. The summed E-state index contributed by atoms with van der Waals surface area (Å²) in [5.41, 5.74) is 8.39. The molecule has 0 bridgehead atoms. The average molecular weight is 234 g/mol. The van der Waals surface area contributed by atoms with Gasteiger partial charge in [-0.15, -0.1) is 0 Å². The number of nitrogens with zero attached hydrogens (tertiary/aromatic N) is 1. The first-order chi connectivity index (χ1) is 8.08. The largest absolute Gasteiger partial charge is 0.393 e. The first kappa shape index (κ1) is 12.4. The predicted molar refractivity (Wildman–Crippen MR) is 71.0 cm³/mol. The van der Waals surface area contributed by atoms with E-state index in [-0.39, 0.29) is 12.1 Å². The van der Waals surface area contributed by atoms with Crippen LogP contribution in [0.2, 0.25) is 0 Å². The third-order valence-corrected chi connectivity index (χ3v) is 3.58. The number of aliphatic hydroxyl groups is 1. The van der Waals surface area contributed by atoms with Gasteiger partial charge >= 0.3 is 0 Å². The summed E-state index contributed by atoms with van der Waals surface area (Å²) < 4.78 is 0. The third-order valence-electron chi connectivity index (χ3n) is 3.58. The van der Waals surface area contributed by atoms with Crippen LogP contribution in [0.4, 0.5) is 5.69 Å². The van der Waals surface area contributed by atoms with Gasteiger partial charge < -0.3 is 15.7 Å². The minimum atomic E-state index is -0.0722. The van der Waals surface area contributed by atoms with E-state index < -0.39 is 0 Å². The molecule has 1 fully saturated rings. The van der Waals surface area contributed by atoms with Crippen LogP contribution in [-0.2, 0) is 0 Å². The summed E-state index contributed by atoms with van der Waals surface area (Å²) in [5, 5.41) is 9.31. The van der Waals surface area contributed by atoms with Crippen molar-refractivity contribution in [2.75, 3.05) is 18.5 Å². The molecule has 1 aliphatic carbocycles. The molecule has 0 aromatic heterocycles. The van der Waals surface area contributed by atoms with Crippen LogP contribution in [0, 0.1) is 5.92 Å². The molecule has 1 atom stereocenters. The highest BCUT2D eigenvalue weighted by molar-refractivity contribution is 5.54. The first-order valence-corrected chi connectivity index (χ1v) is 6.31. The maximum Gasteiger partial charge on any atom is 0.0546 e. The molecule has 0 amide bonds. The van der Waals surface area contributed by atoms with Gasteiger partial charge in [0.15, 0.2) is 0 Å². The Labute approximate surface area is 103 Å². The Morgan fingerprint density at radius 3 is 2.65 bits per heavy atom. The normalized spacial score (nSPS) is 25.2. The lowest BCUT2D eigenvalue weighted by Gasteiger charge is -2.36. The molecule has 0 spiro atoms. The summed E-state index contributed by atoms with van der Waals surface area (Å²) in [6, 6.07) is 8.34. The van der Waals surface area contributed by atoms with Crippen LogP contribution in [0.1, 0.15) is 31.4 Å². The number of para-hydroxylation sites is 1. The van der Waals surface area contributed by atoms with Gasteiger partial charge in [-0.2, -0.15) is 0 Å². The molecule has 3 nitrogen and oxygen atoms in total. The van der Waals surface area contributed by atoms with Gasteiger partial charge in [0.1, 0.15) is 0 Å². The van der Waals surface area contributed by atoms with Gasteiger partial charge in [-0.25, -0.2) is 0 Å². The fourth-order valence-electron chi connectivity index (χ4n) is 2.56. The van der Waals surface area contributed by atoms with Crippen molar-refractivity contribution in [2.24, 2.45) is 11.7 Å². The molecule has 3 heteroatoms. The lowest BCUT2D eigenvalue weighted by molar-refractivity contribution is 0.0464. The van der Waals surface area contributed by atoms with Gasteiger partial charge in [0.05, 0.1) is 6.10 Å². The summed E-state index contributed by atoms with van der Waals surface area (Å²) >= 11 is 0. The maximum absolute atomic E-state index is 9.31. The quantitative estimate of drug-likeness (QED) is 0.836. The van der Waals surface area contributed by atoms with Crippen LogP contribution in [0.25, 0.3) is 0 Å². The Kier molecular flexibility index (Phi) is 3.69. The van der Waals surface area contributed by atoms with Crippen molar-refractivity contribution in [3.8, 4) is 0 Å². The molecule has 0 radical (unpaired) electrons. The molecule has 17 heavy (non-hydrogen) atoms. The zero-order valence-corrected chi connectivity index (χ0v) is 10.6. The number of aliphatic hydroxyl groups excluding tert-OH is 1. The molecule has 0 unspecified atom stereocenters. The van der Waals surface area contributed by atoms with Crippen LogP contribution < -0.4 is 10.6 Å². The fourth-order valence-corrected chi connectivity index (χ4v) is 2.56.